The molecule has 0 heterocycles. The van der Waals surface area contributed by atoms with Gasteiger partial charge in [-0.2, -0.15) is 0 Å². The second kappa shape index (κ2) is 15.9. The molecule has 2 aromatic rings. The maximum Gasteiger partial charge on any atom is 0.408 e. The van der Waals surface area contributed by atoms with Crippen LogP contribution in [0.2, 0.25) is 0 Å². The number of carboxylic acid groups (broad SMARTS) is 1. The minimum atomic E-state index is -1.18. The lowest BCUT2D eigenvalue weighted by atomic mass is 10.1. The fourth-order valence-corrected chi connectivity index (χ4v) is 3.57. The van der Waals surface area contributed by atoms with Crippen LogP contribution < -0.4 is 21.3 Å². The summed E-state index contributed by atoms with van der Waals surface area (Å²) >= 11 is 0. The second-order valence-corrected chi connectivity index (χ2v) is 9.91. The smallest absolute Gasteiger partial charge is 0.408 e. The third-order valence-electron chi connectivity index (χ3n) is 5.34. The van der Waals surface area contributed by atoms with Crippen molar-refractivity contribution in [1.29, 1.82) is 0 Å². The lowest BCUT2D eigenvalue weighted by Gasteiger charge is -2.24. The van der Waals surface area contributed by atoms with Gasteiger partial charge in [-0.1, -0.05) is 60.7 Å². The van der Waals surface area contributed by atoms with E-state index in [4.69, 9.17) is 14.6 Å². The van der Waals surface area contributed by atoms with Gasteiger partial charge < -0.3 is 35.8 Å². The summed E-state index contributed by atoms with van der Waals surface area (Å²) in [5.41, 5.74) is 1.03. The molecule has 212 valence electrons. The van der Waals surface area contributed by atoms with E-state index in [9.17, 15) is 19.2 Å². The van der Waals surface area contributed by atoms with E-state index >= 15 is 0 Å². The van der Waals surface area contributed by atoms with E-state index < -0.39 is 41.9 Å². The number of carbonyl (C=O) groups is 4. The van der Waals surface area contributed by atoms with Crippen molar-refractivity contribution in [3.63, 3.8) is 0 Å². The van der Waals surface area contributed by atoms with E-state index in [1.807, 2.05) is 60.7 Å². The molecular weight excluding hydrogens is 504 g/mol. The van der Waals surface area contributed by atoms with E-state index in [0.717, 1.165) is 11.1 Å². The molecule has 4 amide bonds. The summed E-state index contributed by atoms with van der Waals surface area (Å²) < 4.78 is 10.6. The van der Waals surface area contributed by atoms with Gasteiger partial charge in [-0.25, -0.2) is 14.4 Å². The molecule has 2 rings (SSSR count). The lowest BCUT2D eigenvalue weighted by Crippen LogP contribution is -2.52. The normalized spacial score (nSPS) is 12.4. The first kappa shape index (κ1) is 30.9. The first-order chi connectivity index (χ1) is 18.5. The Bertz CT molecular complexity index is 1060. The molecule has 0 aliphatic carbocycles. The number of ether oxygens (including phenoxy) is 2. The van der Waals surface area contributed by atoms with Gasteiger partial charge in [0.2, 0.25) is 5.91 Å². The summed E-state index contributed by atoms with van der Waals surface area (Å²) in [5.74, 6) is -0.492. The largest absolute Gasteiger partial charge is 0.465 e. The fraction of sp³-hybridized carbons (Fsp3) is 0.429. The van der Waals surface area contributed by atoms with Crippen LogP contribution in [0.5, 0.6) is 0 Å². The van der Waals surface area contributed by atoms with Gasteiger partial charge in [0, 0.05) is 13.1 Å². The van der Waals surface area contributed by atoms with Crippen molar-refractivity contribution in [2.45, 2.75) is 64.3 Å². The molecule has 0 aliphatic heterocycles. The Labute approximate surface area is 228 Å². The Morgan fingerprint density at radius 3 is 2.05 bits per heavy atom. The Balaban J connectivity index is 2.02. The number of hydrogen-bond donors (Lipinski definition) is 5. The topological polar surface area (TPSA) is 155 Å². The summed E-state index contributed by atoms with van der Waals surface area (Å²) in [4.78, 5) is 48.7. The Morgan fingerprint density at radius 1 is 0.846 bits per heavy atom. The molecule has 39 heavy (non-hydrogen) atoms. The maximum absolute atomic E-state index is 13.1. The number of carbonyl (C=O) groups excluding carboxylic acids is 3. The zero-order valence-electron chi connectivity index (χ0n) is 22.6. The van der Waals surface area contributed by atoms with Gasteiger partial charge in [-0.3, -0.25) is 4.79 Å². The Morgan fingerprint density at radius 2 is 1.46 bits per heavy atom. The van der Waals surface area contributed by atoms with Crippen molar-refractivity contribution in [3.05, 3.63) is 71.8 Å². The van der Waals surface area contributed by atoms with Crippen LogP contribution in [-0.4, -0.2) is 60.1 Å². The Kier molecular flexibility index (Phi) is 12.6. The summed E-state index contributed by atoms with van der Waals surface area (Å²) in [5, 5.41) is 19.2. The first-order valence-electron chi connectivity index (χ1n) is 12.8. The molecule has 0 bridgehead atoms. The van der Waals surface area contributed by atoms with Crippen LogP contribution in [0, 0.1) is 0 Å². The van der Waals surface area contributed by atoms with Gasteiger partial charge in [-0.05, 0) is 51.2 Å². The molecule has 0 saturated carbocycles. The highest BCUT2D eigenvalue weighted by molar-refractivity contribution is 5.85. The molecule has 0 aromatic heterocycles. The highest BCUT2D eigenvalue weighted by Gasteiger charge is 2.25. The number of amides is 4. The van der Waals surface area contributed by atoms with Crippen LogP contribution in [-0.2, 0) is 27.3 Å². The fourth-order valence-electron chi connectivity index (χ4n) is 3.57. The minimum Gasteiger partial charge on any atom is -0.465 e. The molecule has 11 nitrogen and oxygen atoms in total. The summed E-state index contributed by atoms with van der Waals surface area (Å²) in [6.45, 7) is 5.39. The highest BCUT2D eigenvalue weighted by Crippen LogP contribution is 2.09. The van der Waals surface area contributed by atoms with Gasteiger partial charge in [0.05, 0.1) is 6.04 Å². The van der Waals surface area contributed by atoms with E-state index in [2.05, 4.69) is 21.3 Å². The van der Waals surface area contributed by atoms with Crippen LogP contribution in [0.1, 0.15) is 44.7 Å². The molecule has 0 unspecified atom stereocenters. The van der Waals surface area contributed by atoms with Gasteiger partial charge >= 0.3 is 18.3 Å². The second-order valence-electron chi connectivity index (χ2n) is 9.91. The van der Waals surface area contributed by atoms with Crippen molar-refractivity contribution in [3.8, 4) is 0 Å². The van der Waals surface area contributed by atoms with Crippen LogP contribution in [0.4, 0.5) is 14.4 Å². The van der Waals surface area contributed by atoms with Gasteiger partial charge in [0.1, 0.15) is 18.2 Å². The lowest BCUT2D eigenvalue weighted by molar-refractivity contribution is -0.123. The Hall–Kier alpha value is -4.28. The molecule has 5 N–H and O–H groups in total. The number of hydrogen-bond acceptors (Lipinski definition) is 6. The van der Waals surface area contributed by atoms with E-state index in [1.54, 1.807) is 20.8 Å². The summed E-state index contributed by atoms with van der Waals surface area (Å²) in [6, 6.07) is 17.3. The summed E-state index contributed by atoms with van der Waals surface area (Å²) in [7, 11) is 0. The molecule has 2 atom stereocenters. The first-order valence-corrected chi connectivity index (χ1v) is 12.8. The number of benzene rings is 2. The van der Waals surface area contributed by atoms with Gasteiger partial charge in [0.25, 0.3) is 0 Å². The van der Waals surface area contributed by atoms with Crippen molar-refractivity contribution in [1.82, 2.24) is 21.3 Å². The van der Waals surface area contributed by atoms with E-state index in [-0.39, 0.29) is 26.1 Å². The third kappa shape index (κ3) is 13.7. The number of alkyl carbamates (subject to hydrolysis) is 2. The zero-order chi connectivity index (χ0) is 28.7. The SMILES string of the molecule is CC(C)(C)OC(=O)N[C@H](CCCNC(=O)O)C(=O)NC[C@H](Cc1ccccc1)NC(=O)OCc1ccccc1. The standard InChI is InChI=1S/C28H38N4O7/c1-28(2,3)39-27(37)32-23(15-10-16-29-25(34)35)24(33)30-18-22(17-20-11-6-4-7-12-20)31-26(36)38-19-21-13-8-5-9-14-21/h4-9,11-14,22-23,29H,10,15-19H2,1-3H3,(H,30,33)(H,31,36)(H,32,37)(H,34,35)/t22-,23+/m0/s1. The predicted molar refractivity (Wildman–Crippen MR) is 145 cm³/mol. The minimum absolute atomic E-state index is 0.0635. The van der Waals surface area contributed by atoms with Crippen molar-refractivity contribution >= 4 is 24.2 Å². The monoisotopic (exact) mass is 542 g/mol. The van der Waals surface area contributed by atoms with E-state index in [0.29, 0.717) is 12.8 Å². The zero-order valence-corrected chi connectivity index (χ0v) is 22.6. The predicted octanol–water partition coefficient (Wildman–Crippen LogP) is 3.58. The van der Waals surface area contributed by atoms with Crippen LogP contribution >= 0.6 is 0 Å². The molecule has 0 aliphatic rings. The quantitative estimate of drug-likeness (QED) is 0.242. The molecule has 2 aromatic carbocycles. The summed E-state index contributed by atoms with van der Waals surface area (Å²) in [6.07, 6.45) is -1.67. The number of rotatable bonds is 13. The third-order valence-corrected chi connectivity index (χ3v) is 5.34. The maximum atomic E-state index is 13.1. The molecule has 0 saturated heterocycles. The van der Waals surface area contributed by atoms with E-state index in [1.165, 1.54) is 0 Å². The average Bonchev–Trinajstić information content (AvgIpc) is 2.87. The highest BCUT2D eigenvalue weighted by atomic mass is 16.6. The number of nitrogens with one attached hydrogen (secondary N) is 4. The molecular formula is C28H38N4O7. The van der Waals surface area contributed by atoms with Gasteiger partial charge in [-0.15, -0.1) is 0 Å². The molecule has 0 fully saturated rings. The van der Waals surface area contributed by atoms with Crippen molar-refractivity contribution < 1.29 is 33.8 Å². The molecule has 11 heteroatoms. The average molecular weight is 543 g/mol. The van der Waals surface area contributed by atoms with Crippen LogP contribution in [0.15, 0.2) is 60.7 Å². The van der Waals surface area contributed by atoms with Crippen molar-refractivity contribution in [2.75, 3.05) is 13.1 Å². The van der Waals surface area contributed by atoms with Crippen LogP contribution in [0.25, 0.3) is 0 Å². The van der Waals surface area contributed by atoms with Gasteiger partial charge in [0.15, 0.2) is 0 Å². The molecule has 0 radical (unpaired) electrons. The van der Waals surface area contributed by atoms with Crippen LogP contribution in [0.3, 0.4) is 0 Å². The van der Waals surface area contributed by atoms with Crippen molar-refractivity contribution in [2.24, 2.45) is 0 Å². The molecule has 0 spiro atoms.